The Bertz CT molecular complexity index is 708. The highest BCUT2D eigenvalue weighted by atomic mass is 19.1. The first-order valence-electron chi connectivity index (χ1n) is 7.45. The molecular weight excluding hydrogens is 279 g/mol. The number of nitrogens with one attached hydrogen (secondary N) is 1. The molecule has 2 aromatic carbocycles. The summed E-state index contributed by atoms with van der Waals surface area (Å²) in [6.07, 6.45) is 0.667. The van der Waals surface area contributed by atoms with Crippen molar-refractivity contribution in [2.75, 3.05) is 0 Å². The first kappa shape index (κ1) is 14.6. The molecule has 4 heteroatoms. The van der Waals surface area contributed by atoms with Gasteiger partial charge in [-0.2, -0.15) is 5.10 Å². The van der Waals surface area contributed by atoms with Gasteiger partial charge in [-0.3, -0.25) is 0 Å². The maximum atomic E-state index is 13.0. The van der Waals surface area contributed by atoms with Crippen LogP contribution in [0.25, 0.3) is 0 Å². The van der Waals surface area contributed by atoms with Crippen LogP contribution in [0.15, 0.2) is 47.6 Å². The Hall–Kier alpha value is -2.36. The molecule has 0 aromatic heterocycles. The smallest absolute Gasteiger partial charge is 0.123 e. The van der Waals surface area contributed by atoms with E-state index in [0.717, 1.165) is 16.8 Å². The number of benzene rings is 2. The van der Waals surface area contributed by atoms with Crippen LogP contribution < -0.4 is 5.43 Å². The molecule has 114 valence electrons. The van der Waals surface area contributed by atoms with Crippen molar-refractivity contribution in [2.24, 2.45) is 5.10 Å². The predicted octanol–water partition coefficient (Wildman–Crippen LogP) is 4.09. The van der Waals surface area contributed by atoms with Crippen LogP contribution in [0.3, 0.4) is 0 Å². The second kappa shape index (κ2) is 5.79. The van der Waals surface area contributed by atoms with Crippen molar-refractivity contribution in [3.05, 3.63) is 65.0 Å². The van der Waals surface area contributed by atoms with Crippen LogP contribution in [-0.2, 0) is 0 Å². The lowest BCUT2D eigenvalue weighted by Crippen LogP contribution is -2.11. The van der Waals surface area contributed by atoms with E-state index in [1.807, 2.05) is 12.1 Å². The summed E-state index contributed by atoms with van der Waals surface area (Å²) in [6, 6.07) is 12.0. The molecule has 1 unspecified atom stereocenters. The molecule has 0 amide bonds. The van der Waals surface area contributed by atoms with Crippen LogP contribution >= 0.6 is 0 Å². The molecule has 0 saturated heterocycles. The summed E-state index contributed by atoms with van der Waals surface area (Å²) in [4.78, 5) is 0. The molecule has 0 bridgehead atoms. The number of nitrogens with zero attached hydrogens (tertiary/aromatic N) is 1. The molecule has 0 fully saturated rings. The third-order valence-corrected chi connectivity index (χ3v) is 4.02. The lowest BCUT2D eigenvalue weighted by atomic mass is 9.94. The van der Waals surface area contributed by atoms with Gasteiger partial charge >= 0.3 is 0 Å². The molecule has 3 nitrogen and oxygen atoms in total. The molecule has 1 heterocycles. The lowest BCUT2D eigenvalue weighted by molar-refractivity contribution is 0.455. The lowest BCUT2D eigenvalue weighted by Gasteiger charge is -2.15. The van der Waals surface area contributed by atoms with E-state index in [-0.39, 0.29) is 17.6 Å². The zero-order valence-electron chi connectivity index (χ0n) is 12.7. The first-order valence-corrected chi connectivity index (χ1v) is 7.45. The van der Waals surface area contributed by atoms with Crippen molar-refractivity contribution >= 4 is 5.71 Å². The van der Waals surface area contributed by atoms with E-state index in [1.54, 1.807) is 18.2 Å². The Labute approximate surface area is 129 Å². The fourth-order valence-corrected chi connectivity index (χ4v) is 2.66. The van der Waals surface area contributed by atoms with Gasteiger partial charge in [-0.05, 0) is 41.3 Å². The topological polar surface area (TPSA) is 44.6 Å². The molecule has 2 N–H and O–H groups in total. The van der Waals surface area contributed by atoms with Crippen LogP contribution in [0.1, 0.15) is 48.9 Å². The number of phenolic OH excluding ortho intramolecular Hbond substituents is 1. The molecule has 1 aliphatic rings. The maximum Gasteiger partial charge on any atom is 0.123 e. The fourth-order valence-electron chi connectivity index (χ4n) is 2.66. The molecule has 0 aliphatic carbocycles. The highest BCUT2D eigenvalue weighted by Gasteiger charge is 2.24. The fraction of sp³-hybridized carbons (Fsp3) is 0.278. The van der Waals surface area contributed by atoms with Crippen molar-refractivity contribution in [3.8, 4) is 5.75 Å². The third kappa shape index (κ3) is 2.82. The van der Waals surface area contributed by atoms with E-state index in [9.17, 15) is 9.50 Å². The third-order valence-electron chi connectivity index (χ3n) is 4.02. The van der Waals surface area contributed by atoms with E-state index in [0.29, 0.717) is 12.3 Å². The number of hydrogen-bond acceptors (Lipinski definition) is 3. The summed E-state index contributed by atoms with van der Waals surface area (Å²) in [7, 11) is 0. The predicted molar refractivity (Wildman–Crippen MR) is 85.6 cm³/mol. The van der Waals surface area contributed by atoms with Crippen molar-refractivity contribution in [1.82, 2.24) is 5.43 Å². The summed E-state index contributed by atoms with van der Waals surface area (Å²) < 4.78 is 13.0. The first-order chi connectivity index (χ1) is 10.5. The number of hydrazone groups is 1. The van der Waals surface area contributed by atoms with E-state index < -0.39 is 0 Å². The zero-order valence-corrected chi connectivity index (χ0v) is 12.7. The van der Waals surface area contributed by atoms with E-state index >= 15 is 0 Å². The van der Waals surface area contributed by atoms with Gasteiger partial charge in [0.05, 0.1) is 11.8 Å². The normalized spacial score (nSPS) is 17.5. The Balaban J connectivity index is 1.82. The van der Waals surface area contributed by atoms with Gasteiger partial charge in [-0.1, -0.05) is 32.0 Å². The summed E-state index contributed by atoms with van der Waals surface area (Å²) in [5.41, 5.74) is 6.89. The number of aromatic hydroxyl groups is 1. The van der Waals surface area contributed by atoms with Gasteiger partial charge in [-0.15, -0.1) is 0 Å². The second-order valence-electron chi connectivity index (χ2n) is 5.92. The van der Waals surface area contributed by atoms with Gasteiger partial charge in [-0.25, -0.2) is 4.39 Å². The van der Waals surface area contributed by atoms with Gasteiger partial charge < -0.3 is 10.5 Å². The largest absolute Gasteiger partial charge is 0.508 e. The van der Waals surface area contributed by atoms with Gasteiger partial charge in [0.2, 0.25) is 0 Å². The van der Waals surface area contributed by atoms with Gasteiger partial charge in [0.25, 0.3) is 0 Å². The second-order valence-corrected chi connectivity index (χ2v) is 5.92. The van der Waals surface area contributed by atoms with Crippen LogP contribution in [0, 0.1) is 5.82 Å². The van der Waals surface area contributed by atoms with Crippen LogP contribution in [0.4, 0.5) is 4.39 Å². The monoisotopic (exact) mass is 298 g/mol. The number of halogens is 1. The molecule has 1 aliphatic heterocycles. The number of hydrogen-bond donors (Lipinski definition) is 2. The molecule has 3 rings (SSSR count). The van der Waals surface area contributed by atoms with Crippen molar-refractivity contribution in [1.29, 1.82) is 0 Å². The van der Waals surface area contributed by atoms with E-state index in [2.05, 4.69) is 24.4 Å². The minimum atomic E-state index is -0.255. The van der Waals surface area contributed by atoms with E-state index in [4.69, 9.17) is 0 Å². The minimum absolute atomic E-state index is 0.0567. The highest BCUT2D eigenvalue weighted by Crippen LogP contribution is 2.33. The quantitative estimate of drug-likeness (QED) is 0.896. The molecule has 2 aromatic rings. The molecule has 1 atom stereocenters. The van der Waals surface area contributed by atoms with Gasteiger partial charge in [0, 0.05) is 12.0 Å². The van der Waals surface area contributed by atoms with Gasteiger partial charge in [0.15, 0.2) is 0 Å². The molecular formula is C18H19FN2O. The van der Waals surface area contributed by atoms with E-state index in [1.165, 1.54) is 17.7 Å². The highest BCUT2D eigenvalue weighted by molar-refractivity contribution is 6.01. The summed E-state index contributed by atoms with van der Waals surface area (Å²) in [6.45, 7) is 4.25. The average Bonchev–Trinajstić information content (AvgIpc) is 2.98. The summed E-state index contributed by atoms with van der Waals surface area (Å²) in [5, 5.41) is 14.5. The van der Waals surface area contributed by atoms with Gasteiger partial charge in [0.1, 0.15) is 11.6 Å². The molecule has 0 saturated carbocycles. The minimum Gasteiger partial charge on any atom is -0.508 e. The Morgan fingerprint density at radius 1 is 1.18 bits per heavy atom. The summed E-state index contributed by atoms with van der Waals surface area (Å²) in [5.74, 6) is 0.421. The zero-order chi connectivity index (χ0) is 15.7. The van der Waals surface area contributed by atoms with Crippen molar-refractivity contribution < 1.29 is 9.50 Å². The Kier molecular flexibility index (Phi) is 3.84. The van der Waals surface area contributed by atoms with Crippen LogP contribution in [-0.4, -0.2) is 10.8 Å². The molecule has 0 spiro atoms. The van der Waals surface area contributed by atoms with Crippen molar-refractivity contribution in [2.45, 2.75) is 32.2 Å². The van der Waals surface area contributed by atoms with Crippen LogP contribution in [0.5, 0.6) is 5.75 Å². The van der Waals surface area contributed by atoms with Crippen molar-refractivity contribution in [3.63, 3.8) is 0 Å². The standard InChI is InChI=1S/C18H19FN2O/c1-11(2)13-5-8-18(22)15(9-13)17-10-16(20-21-17)12-3-6-14(19)7-4-12/h3-9,11,17,21-22H,10H2,1-2H3. The SMILES string of the molecule is CC(C)c1ccc(O)c(C2CC(c3ccc(F)cc3)=NN2)c1. The van der Waals surface area contributed by atoms with Crippen LogP contribution in [0.2, 0.25) is 0 Å². The number of rotatable bonds is 3. The Morgan fingerprint density at radius 3 is 2.59 bits per heavy atom. The average molecular weight is 298 g/mol. The molecule has 0 radical (unpaired) electrons. The maximum absolute atomic E-state index is 13.0. The number of phenols is 1. The molecule has 22 heavy (non-hydrogen) atoms. The summed E-state index contributed by atoms with van der Waals surface area (Å²) >= 11 is 0. The Morgan fingerprint density at radius 2 is 1.91 bits per heavy atom.